The van der Waals surface area contributed by atoms with Gasteiger partial charge in [0.2, 0.25) is 0 Å². The molecule has 20 heavy (non-hydrogen) atoms. The first-order valence-corrected chi connectivity index (χ1v) is 6.13. The summed E-state index contributed by atoms with van der Waals surface area (Å²) in [7, 11) is 4.49. The molecule has 0 saturated carbocycles. The van der Waals surface area contributed by atoms with Crippen molar-refractivity contribution in [2.24, 2.45) is 5.73 Å². The number of halogens is 1. The highest BCUT2D eigenvalue weighted by Crippen LogP contribution is 2.10. The summed E-state index contributed by atoms with van der Waals surface area (Å²) >= 11 is 4.90. The second-order valence-corrected chi connectivity index (χ2v) is 4.47. The predicted molar refractivity (Wildman–Crippen MR) is 76.7 cm³/mol. The molecule has 6 nitrogen and oxygen atoms in total. The van der Waals surface area contributed by atoms with Gasteiger partial charge in [-0.15, -0.1) is 0 Å². The Morgan fingerprint density at radius 3 is 2.15 bits per heavy atom. The molecular formula is C13H19ClN2O4. The quantitative estimate of drug-likeness (QED) is 0.499. The number of carbonyl (C=O) groups excluding carboxylic acids is 2. The minimum atomic E-state index is -0.649. The predicted octanol–water partition coefficient (Wildman–Crippen LogP) is 1.34. The molecule has 1 aromatic carbocycles. The lowest BCUT2D eigenvalue weighted by Crippen LogP contribution is -2.33. The lowest BCUT2D eigenvalue weighted by atomic mass is 10.1. The Labute approximate surface area is 123 Å². The zero-order valence-electron chi connectivity index (χ0n) is 11.7. The number of benzene rings is 1. The van der Waals surface area contributed by atoms with E-state index in [0.29, 0.717) is 6.42 Å². The van der Waals surface area contributed by atoms with E-state index in [4.69, 9.17) is 22.4 Å². The van der Waals surface area contributed by atoms with Crippen molar-refractivity contribution in [2.75, 3.05) is 21.2 Å². The molecule has 1 amide bonds. The maximum Gasteiger partial charge on any atom is 0.322 e. The van der Waals surface area contributed by atoms with Crippen molar-refractivity contribution in [3.63, 3.8) is 0 Å². The van der Waals surface area contributed by atoms with E-state index in [1.165, 1.54) is 12.0 Å². The lowest BCUT2D eigenvalue weighted by molar-refractivity contribution is -0.142. The molecule has 0 aliphatic heterocycles. The molecule has 7 heteroatoms. The molecule has 112 valence electrons. The maximum absolute atomic E-state index is 11.0. The van der Waals surface area contributed by atoms with E-state index in [1.54, 1.807) is 38.4 Å². The van der Waals surface area contributed by atoms with E-state index in [2.05, 4.69) is 4.74 Å². The Hall–Kier alpha value is -1.79. The third-order valence-electron chi connectivity index (χ3n) is 2.25. The van der Waals surface area contributed by atoms with Crippen LogP contribution in [0.25, 0.3) is 0 Å². The first kappa shape index (κ1) is 18.2. The number of aromatic hydroxyl groups is 1. The average molecular weight is 303 g/mol. The summed E-state index contributed by atoms with van der Waals surface area (Å²) in [6, 6.07) is 5.90. The Balaban J connectivity index is 0.000000511. The fourth-order valence-electron chi connectivity index (χ4n) is 1.12. The number of hydrogen-bond acceptors (Lipinski definition) is 5. The molecule has 3 N–H and O–H groups in total. The van der Waals surface area contributed by atoms with Crippen LogP contribution in [0, 0.1) is 0 Å². The Bertz CT molecular complexity index is 435. The van der Waals surface area contributed by atoms with Crippen LogP contribution in [-0.2, 0) is 16.0 Å². The van der Waals surface area contributed by atoms with Crippen LogP contribution in [0.3, 0.4) is 0 Å². The summed E-state index contributed by atoms with van der Waals surface area (Å²) in [5.41, 5.74) is 6.45. The van der Waals surface area contributed by atoms with Crippen molar-refractivity contribution in [3.05, 3.63) is 29.8 Å². The number of methoxy groups -OCH3 is 1. The van der Waals surface area contributed by atoms with E-state index >= 15 is 0 Å². The second-order valence-electron chi connectivity index (χ2n) is 4.15. The second kappa shape index (κ2) is 9.17. The third kappa shape index (κ3) is 7.60. The number of nitrogens with zero attached hydrogens (tertiary/aromatic N) is 1. The molecular weight excluding hydrogens is 284 g/mol. The van der Waals surface area contributed by atoms with E-state index < -0.39 is 17.4 Å². The van der Waals surface area contributed by atoms with Crippen LogP contribution in [0.5, 0.6) is 5.75 Å². The summed E-state index contributed by atoms with van der Waals surface area (Å²) in [5.74, 6) is -0.238. The third-order valence-corrected chi connectivity index (χ3v) is 2.59. The van der Waals surface area contributed by atoms with Gasteiger partial charge in [-0.1, -0.05) is 12.1 Å². The first-order chi connectivity index (χ1) is 9.27. The normalized spacial score (nSPS) is 10.8. The van der Waals surface area contributed by atoms with Crippen LogP contribution in [0.2, 0.25) is 0 Å². The maximum atomic E-state index is 11.0. The standard InChI is InChI=1S/C10H13NO3.C3H6ClNO/c1-14-10(13)9(11)6-7-2-4-8(12)5-3-7;1-5(2)3(4)6/h2-5,9,12H,6,11H2,1H3;1-2H3/t9-;/m0./s1. The van der Waals surface area contributed by atoms with E-state index in [0.717, 1.165) is 5.56 Å². The topological polar surface area (TPSA) is 92.9 Å². The van der Waals surface area contributed by atoms with Gasteiger partial charge in [-0.3, -0.25) is 9.59 Å². The van der Waals surface area contributed by atoms with Crippen molar-refractivity contribution >= 4 is 22.9 Å². The molecule has 0 heterocycles. The zero-order valence-corrected chi connectivity index (χ0v) is 12.4. The molecule has 0 aromatic heterocycles. The SMILES string of the molecule is CN(C)C(=O)Cl.COC(=O)[C@@H](N)Cc1ccc(O)cc1. The van der Waals surface area contributed by atoms with Gasteiger partial charge >= 0.3 is 11.3 Å². The first-order valence-electron chi connectivity index (χ1n) is 5.76. The summed E-state index contributed by atoms with van der Waals surface area (Å²) in [4.78, 5) is 22.1. The smallest absolute Gasteiger partial charge is 0.322 e. The largest absolute Gasteiger partial charge is 0.508 e. The number of esters is 1. The molecule has 0 aliphatic rings. The highest BCUT2D eigenvalue weighted by molar-refractivity contribution is 6.62. The molecule has 0 bridgehead atoms. The van der Waals surface area contributed by atoms with Gasteiger partial charge in [0.25, 0.3) is 0 Å². The molecule has 0 radical (unpaired) electrons. The molecule has 0 spiro atoms. The summed E-state index contributed by atoms with van der Waals surface area (Å²) in [6.07, 6.45) is 0.410. The Morgan fingerprint density at radius 2 is 1.80 bits per heavy atom. The molecule has 0 aliphatic carbocycles. The summed E-state index contributed by atoms with van der Waals surface area (Å²) < 4.78 is 4.49. The van der Waals surface area contributed by atoms with Crippen molar-refractivity contribution in [3.8, 4) is 5.75 Å². The zero-order chi connectivity index (χ0) is 15.7. The molecule has 1 rings (SSSR count). The number of ether oxygens (including phenoxy) is 1. The van der Waals surface area contributed by atoms with E-state index in [-0.39, 0.29) is 5.75 Å². The molecule has 0 saturated heterocycles. The minimum absolute atomic E-state index is 0.195. The van der Waals surface area contributed by atoms with Crippen LogP contribution in [0.15, 0.2) is 24.3 Å². The van der Waals surface area contributed by atoms with Gasteiger partial charge < -0.3 is 20.5 Å². The monoisotopic (exact) mass is 302 g/mol. The molecule has 1 aromatic rings. The van der Waals surface area contributed by atoms with Crippen LogP contribution >= 0.6 is 11.6 Å². The minimum Gasteiger partial charge on any atom is -0.508 e. The van der Waals surface area contributed by atoms with Crippen LogP contribution in [-0.4, -0.2) is 48.6 Å². The van der Waals surface area contributed by atoms with Crippen molar-refractivity contribution in [2.45, 2.75) is 12.5 Å². The van der Waals surface area contributed by atoms with Gasteiger partial charge in [-0.2, -0.15) is 0 Å². The van der Waals surface area contributed by atoms with Crippen molar-refractivity contribution in [1.82, 2.24) is 4.90 Å². The summed E-state index contributed by atoms with van der Waals surface area (Å²) in [5, 5.41) is 8.59. The van der Waals surface area contributed by atoms with E-state index in [1.807, 2.05) is 0 Å². The van der Waals surface area contributed by atoms with Gasteiger partial charge in [0.05, 0.1) is 7.11 Å². The molecule has 1 atom stereocenters. The number of phenolic OH excluding ortho intramolecular Hbond substituents is 1. The van der Waals surface area contributed by atoms with Gasteiger partial charge in [-0.25, -0.2) is 0 Å². The Morgan fingerprint density at radius 1 is 1.35 bits per heavy atom. The number of hydrogen-bond donors (Lipinski definition) is 2. The number of rotatable bonds is 3. The van der Waals surface area contributed by atoms with Crippen molar-refractivity contribution < 1.29 is 19.4 Å². The number of phenols is 1. The Kier molecular flexibility index (Phi) is 8.35. The number of amides is 1. The van der Waals surface area contributed by atoms with E-state index in [9.17, 15) is 9.59 Å². The number of carbonyl (C=O) groups is 2. The van der Waals surface area contributed by atoms with Gasteiger partial charge in [-0.05, 0) is 35.7 Å². The van der Waals surface area contributed by atoms with Crippen molar-refractivity contribution in [1.29, 1.82) is 0 Å². The van der Waals surface area contributed by atoms with Crippen LogP contribution in [0.4, 0.5) is 4.79 Å². The van der Waals surface area contributed by atoms with Crippen LogP contribution in [0.1, 0.15) is 5.56 Å². The summed E-state index contributed by atoms with van der Waals surface area (Å²) in [6.45, 7) is 0. The average Bonchev–Trinajstić information content (AvgIpc) is 2.41. The van der Waals surface area contributed by atoms with Gasteiger partial charge in [0, 0.05) is 14.1 Å². The van der Waals surface area contributed by atoms with Gasteiger partial charge in [0.15, 0.2) is 0 Å². The van der Waals surface area contributed by atoms with Gasteiger partial charge in [0.1, 0.15) is 11.8 Å². The highest BCUT2D eigenvalue weighted by atomic mass is 35.5. The molecule has 0 fully saturated rings. The number of nitrogens with two attached hydrogens (primary N) is 1. The van der Waals surface area contributed by atoms with Crippen LogP contribution < -0.4 is 5.73 Å². The fraction of sp³-hybridized carbons (Fsp3) is 0.385. The lowest BCUT2D eigenvalue weighted by Gasteiger charge is -2.08. The highest BCUT2D eigenvalue weighted by Gasteiger charge is 2.13. The fourth-order valence-corrected chi connectivity index (χ4v) is 1.12. The molecule has 0 unspecified atom stereocenters.